The van der Waals surface area contributed by atoms with E-state index in [1.165, 1.54) is 0 Å². The van der Waals surface area contributed by atoms with Crippen molar-refractivity contribution < 1.29 is 9.53 Å². The lowest BCUT2D eigenvalue weighted by molar-refractivity contribution is -0.130. The summed E-state index contributed by atoms with van der Waals surface area (Å²) in [6, 6.07) is 7.95. The summed E-state index contributed by atoms with van der Waals surface area (Å²) < 4.78 is 5.26. The van der Waals surface area contributed by atoms with Crippen LogP contribution in [0.2, 0.25) is 0 Å². The Morgan fingerprint density at radius 1 is 1.26 bits per heavy atom. The molecule has 1 saturated heterocycles. The van der Waals surface area contributed by atoms with Gasteiger partial charge in [0.05, 0.1) is 7.11 Å². The second kappa shape index (κ2) is 8.73. The van der Waals surface area contributed by atoms with Crippen LogP contribution in [0.25, 0.3) is 0 Å². The average molecular weight is 316 g/mol. The monoisotopic (exact) mass is 316 g/mol. The molecule has 0 aromatic heterocycles. The number of hydrogen-bond donors (Lipinski definition) is 0. The number of amides is 1. The van der Waals surface area contributed by atoms with Crippen LogP contribution < -0.4 is 4.74 Å². The minimum Gasteiger partial charge on any atom is -0.497 e. The van der Waals surface area contributed by atoms with Crippen LogP contribution in [-0.2, 0) is 11.3 Å². The van der Waals surface area contributed by atoms with E-state index in [2.05, 4.69) is 30.9 Å². The van der Waals surface area contributed by atoms with Gasteiger partial charge in [-0.15, -0.1) is 0 Å². The van der Waals surface area contributed by atoms with Gasteiger partial charge in [-0.2, -0.15) is 0 Å². The molecular formula is C19H28N2O2. The number of carbonyl (C=O) groups is 1. The lowest BCUT2D eigenvalue weighted by atomic mass is 10.2. The summed E-state index contributed by atoms with van der Waals surface area (Å²) in [6.07, 6.45) is 5.03. The molecule has 0 aliphatic carbocycles. The van der Waals surface area contributed by atoms with Crippen molar-refractivity contribution in [2.45, 2.75) is 26.8 Å². The summed E-state index contributed by atoms with van der Waals surface area (Å²) in [5, 5.41) is 0. The van der Waals surface area contributed by atoms with E-state index in [9.17, 15) is 4.79 Å². The molecule has 1 amide bonds. The second-order valence-corrected chi connectivity index (χ2v) is 6.39. The van der Waals surface area contributed by atoms with Crippen molar-refractivity contribution in [3.63, 3.8) is 0 Å². The Hall–Kier alpha value is -1.81. The zero-order chi connectivity index (χ0) is 16.7. The molecule has 1 aromatic carbocycles. The number of hydrogen-bond acceptors (Lipinski definition) is 3. The Labute approximate surface area is 139 Å². The van der Waals surface area contributed by atoms with Gasteiger partial charge in [0.2, 0.25) is 5.91 Å². The highest BCUT2D eigenvalue weighted by atomic mass is 16.5. The van der Waals surface area contributed by atoms with Gasteiger partial charge in [-0.25, -0.2) is 0 Å². The smallest absolute Gasteiger partial charge is 0.224 e. The molecule has 0 spiro atoms. The third kappa shape index (κ3) is 5.71. The number of methoxy groups -OCH3 is 1. The molecule has 1 fully saturated rings. The maximum absolute atomic E-state index is 12.4. The first kappa shape index (κ1) is 17.5. The molecule has 0 unspecified atom stereocenters. The molecule has 4 nitrogen and oxygen atoms in total. The molecule has 0 bridgehead atoms. The number of carbonyl (C=O) groups excluding carboxylic acids is 1. The number of rotatable bonds is 6. The fraction of sp³-hybridized carbons (Fsp3) is 0.526. The summed E-state index contributed by atoms with van der Waals surface area (Å²) in [5.41, 5.74) is 1.12. The quantitative estimate of drug-likeness (QED) is 0.757. The lowest BCUT2D eigenvalue weighted by Crippen LogP contribution is -2.32. The molecule has 126 valence electrons. The molecule has 1 heterocycles. The maximum Gasteiger partial charge on any atom is 0.224 e. The molecule has 2 rings (SSSR count). The fourth-order valence-corrected chi connectivity index (χ4v) is 2.73. The molecule has 0 saturated carbocycles. The maximum atomic E-state index is 12.4. The predicted molar refractivity (Wildman–Crippen MR) is 93.4 cm³/mol. The third-order valence-electron chi connectivity index (χ3n) is 4.07. The van der Waals surface area contributed by atoms with E-state index in [-0.39, 0.29) is 5.91 Å². The number of nitrogens with zero attached hydrogens (tertiary/aromatic N) is 2. The molecule has 23 heavy (non-hydrogen) atoms. The van der Waals surface area contributed by atoms with Gasteiger partial charge in [0, 0.05) is 39.1 Å². The molecule has 0 N–H and O–H groups in total. The Bertz CT molecular complexity index is 540. The van der Waals surface area contributed by atoms with Crippen molar-refractivity contribution in [2.75, 3.05) is 33.3 Å². The fourth-order valence-electron chi connectivity index (χ4n) is 2.73. The first-order valence-corrected chi connectivity index (χ1v) is 8.38. The highest BCUT2D eigenvalue weighted by Crippen LogP contribution is 2.16. The van der Waals surface area contributed by atoms with Crippen LogP contribution >= 0.6 is 0 Å². The third-order valence-corrected chi connectivity index (χ3v) is 4.07. The van der Waals surface area contributed by atoms with E-state index in [1.807, 2.05) is 29.2 Å². The van der Waals surface area contributed by atoms with Gasteiger partial charge in [0.1, 0.15) is 5.75 Å². The Kier molecular flexibility index (Phi) is 6.66. The van der Waals surface area contributed by atoms with Crippen molar-refractivity contribution in [1.29, 1.82) is 0 Å². The topological polar surface area (TPSA) is 32.8 Å². The summed E-state index contributed by atoms with van der Waals surface area (Å²) >= 11 is 0. The summed E-state index contributed by atoms with van der Waals surface area (Å²) in [4.78, 5) is 16.7. The Morgan fingerprint density at radius 2 is 2.09 bits per heavy atom. The van der Waals surface area contributed by atoms with E-state index < -0.39 is 0 Å². The van der Waals surface area contributed by atoms with E-state index in [1.54, 1.807) is 7.11 Å². The first-order chi connectivity index (χ1) is 11.1. The molecule has 0 radical (unpaired) electrons. The zero-order valence-corrected chi connectivity index (χ0v) is 14.5. The predicted octanol–water partition coefficient (Wildman–Crippen LogP) is 2.94. The Morgan fingerprint density at radius 3 is 2.83 bits per heavy atom. The van der Waals surface area contributed by atoms with Crippen LogP contribution in [0.3, 0.4) is 0 Å². The van der Waals surface area contributed by atoms with E-state index in [0.29, 0.717) is 18.9 Å². The average Bonchev–Trinajstić information content (AvgIpc) is 2.70. The largest absolute Gasteiger partial charge is 0.497 e. The minimum absolute atomic E-state index is 0.239. The molecule has 1 aliphatic heterocycles. The van der Waals surface area contributed by atoms with Crippen LogP contribution in [-0.4, -0.2) is 49.0 Å². The van der Waals surface area contributed by atoms with Crippen LogP contribution in [0.5, 0.6) is 5.75 Å². The van der Waals surface area contributed by atoms with Crippen LogP contribution in [0.15, 0.2) is 36.4 Å². The van der Waals surface area contributed by atoms with Gasteiger partial charge in [-0.1, -0.05) is 38.1 Å². The van der Waals surface area contributed by atoms with Gasteiger partial charge < -0.3 is 9.64 Å². The van der Waals surface area contributed by atoms with E-state index >= 15 is 0 Å². The summed E-state index contributed by atoms with van der Waals surface area (Å²) in [7, 11) is 1.67. The summed E-state index contributed by atoms with van der Waals surface area (Å²) in [6.45, 7) is 8.50. The van der Waals surface area contributed by atoms with Crippen molar-refractivity contribution in [2.24, 2.45) is 5.92 Å². The number of benzene rings is 1. The number of allylic oxidation sites excluding steroid dienone is 1. The SMILES string of the molecule is COc1cccc(CN2CCN(CC=CC(C)C)CCC2=O)c1. The number of ether oxygens (including phenoxy) is 1. The standard InChI is InChI=1S/C19H28N2O2/c1-16(2)6-5-10-20-11-9-19(22)21(13-12-20)15-17-7-4-8-18(14-17)23-3/h4-8,14,16H,9-13,15H2,1-3H3. The zero-order valence-electron chi connectivity index (χ0n) is 14.5. The molecular weight excluding hydrogens is 288 g/mol. The van der Waals surface area contributed by atoms with Crippen LogP contribution in [0.4, 0.5) is 0 Å². The summed E-state index contributed by atoms with van der Waals surface area (Å²) in [5.74, 6) is 1.65. The molecule has 0 atom stereocenters. The van der Waals surface area contributed by atoms with Gasteiger partial charge in [0.15, 0.2) is 0 Å². The Balaban J connectivity index is 1.92. The molecule has 4 heteroatoms. The lowest BCUT2D eigenvalue weighted by Gasteiger charge is -2.22. The second-order valence-electron chi connectivity index (χ2n) is 6.39. The minimum atomic E-state index is 0.239. The normalized spacial score (nSPS) is 17.0. The van der Waals surface area contributed by atoms with E-state index in [4.69, 9.17) is 4.74 Å². The van der Waals surface area contributed by atoms with Crippen LogP contribution in [0.1, 0.15) is 25.8 Å². The van der Waals surface area contributed by atoms with Crippen molar-refractivity contribution >= 4 is 5.91 Å². The highest BCUT2D eigenvalue weighted by Gasteiger charge is 2.20. The first-order valence-electron chi connectivity index (χ1n) is 8.38. The van der Waals surface area contributed by atoms with Gasteiger partial charge in [0.25, 0.3) is 0 Å². The molecule has 1 aromatic rings. The van der Waals surface area contributed by atoms with Crippen molar-refractivity contribution in [3.8, 4) is 5.75 Å². The van der Waals surface area contributed by atoms with Gasteiger partial charge >= 0.3 is 0 Å². The van der Waals surface area contributed by atoms with Crippen molar-refractivity contribution in [1.82, 2.24) is 9.80 Å². The van der Waals surface area contributed by atoms with Gasteiger partial charge in [-0.3, -0.25) is 9.69 Å². The molecule has 1 aliphatic rings. The van der Waals surface area contributed by atoms with Gasteiger partial charge in [-0.05, 0) is 23.6 Å². The van der Waals surface area contributed by atoms with Crippen LogP contribution in [0, 0.1) is 5.92 Å². The van der Waals surface area contributed by atoms with Crippen molar-refractivity contribution in [3.05, 3.63) is 42.0 Å². The van der Waals surface area contributed by atoms with E-state index in [0.717, 1.165) is 37.5 Å². The highest BCUT2D eigenvalue weighted by molar-refractivity contribution is 5.76.